The third-order valence-electron chi connectivity index (χ3n) is 10.6. The molecule has 0 amide bonds. The second-order valence-electron chi connectivity index (χ2n) is 13.5. The van der Waals surface area contributed by atoms with Gasteiger partial charge in [-0.1, -0.05) is 103 Å². The average Bonchev–Trinajstić information content (AvgIpc) is 3.91. The van der Waals surface area contributed by atoms with Crippen LogP contribution in [0.3, 0.4) is 0 Å². The van der Waals surface area contributed by atoms with Gasteiger partial charge < -0.3 is 18.6 Å². The molecule has 1 aliphatic heterocycles. The highest BCUT2D eigenvalue weighted by atomic mass is 16.3. The molecule has 0 bridgehead atoms. The fraction of sp³-hybridized carbons (Fsp3) is 0.0426. The van der Waals surface area contributed by atoms with Crippen molar-refractivity contribution >= 4 is 72.2 Å². The van der Waals surface area contributed by atoms with Crippen LogP contribution in [0.15, 0.2) is 185 Å². The summed E-state index contributed by atoms with van der Waals surface area (Å²) >= 11 is 0. The molecular weight excluding hydrogens is 639 g/mol. The van der Waals surface area contributed by atoms with Crippen molar-refractivity contribution in [2.75, 3.05) is 9.80 Å². The molecular formula is C47H31N3O2. The highest BCUT2D eigenvalue weighted by molar-refractivity contribution is 6.13. The predicted molar refractivity (Wildman–Crippen MR) is 212 cm³/mol. The lowest BCUT2D eigenvalue weighted by Gasteiger charge is -2.30. The molecule has 0 N–H and O–H groups in total. The van der Waals surface area contributed by atoms with Gasteiger partial charge in [0.15, 0.2) is 5.58 Å². The third kappa shape index (κ3) is 4.39. The van der Waals surface area contributed by atoms with Crippen LogP contribution >= 0.6 is 0 Å². The Bertz CT molecular complexity index is 2880. The van der Waals surface area contributed by atoms with Crippen molar-refractivity contribution in [1.29, 1.82) is 0 Å². The predicted octanol–water partition coefficient (Wildman–Crippen LogP) is 12.7. The average molecular weight is 670 g/mol. The van der Waals surface area contributed by atoms with Crippen LogP contribution < -0.4 is 9.80 Å². The molecule has 5 heteroatoms. The minimum Gasteiger partial charge on any atom is -0.456 e. The van der Waals surface area contributed by atoms with Crippen molar-refractivity contribution in [3.63, 3.8) is 0 Å². The molecule has 9 aromatic rings. The first-order chi connectivity index (χ1) is 25.8. The Labute approximate surface area is 300 Å². The first-order valence-corrected chi connectivity index (χ1v) is 17.7. The molecule has 2 aromatic heterocycles. The topological polar surface area (TPSA) is 45.7 Å². The van der Waals surface area contributed by atoms with Gasteiger partial charge >= 0.3 is 0 Å². The number of hydrogen-bond acceptors (Lipinski definition) is 5. The molecule has 2 atom stereocenters. The Balaban J connectivity index is 1.18. The van der Waals surface area contributed by atoms with Crippen LogP contribution in [0.1, 0.15) is 11.5 Å². The zero-order valence-corrected chi connectivity index (χ0v) is 28.1. The molecule has 2 aliphatic rings. The van der Waals surface area contributed by atoms with Gasteiger partial charge in [0, 0.05) is 45.0 Å². The van der Waals surface area contributed by atoms with E-state index in [2.05, 4.69) is 143 Å². The van der Waals surface area contributed by atoms with E-state index in [0.29, 0.717) is 5.89 Å². The molecule has 0 fully saturated rings. The van der Waals surface area contributed by atoms with Crippen LogP contribution in [0, 0.1) is 0 Å². The van der Waals surface area contributed by atoms with E-state index in [0.717, 1.165) is 66.4 Å². The number of fused-ring (bicyclic) bond motifs is 9. The summed E-state index contributed by atoms with van der Waals surface area (Å²) < 4.78 is 13.0. The summed E-state index contributed by atoms with van der Waals surface area (Å²) in [7, 11) is 0. The lowest BCUT2D eigenvalue weighted by atomic mass is 9.91. The quantitative estimate of drug-likeness (QED) is 0.182. The van der Waals surface area contributed by atoms with Crippen molar-refractivity contribution in [1.82, 2.24) is 4.98 Å². The third-order valence-corrected chi connectivity index (χ3v) is 10.6. The molecule has 5 nitrogen and oxygen atoms in total. The fourth-order valence-corrected chi connectivity index (χ4v) is 8.26. The normalized spacial score (nSPS) is 16.3. The Morgan fingerprint density at radius 3 is 2.27 bits per heavy atom. The summed E-state index contributed by atoms with van der Waals surface area (Å²) in [6.07, 6.45) is 9.00. The number of para-hydroxylation sites is 2. The van der Waals surface area contributed by atoms with Crippen molar-refractivity contribution in [3.8, 4) is 11.5 Å². The van der Waals surface area contributed by atoms with E-state index in [4.69, 9.17) is 13.8 Å². The maximum absolute atomic E-state index is 6.68. The molecule has 246 valence electrons. The van der Waals surface area contributed by atoms with Gasteiger partial charge in [-0.15, -0.1) is 0 Å². The highest BCUT2D eigenvalue weighted by Gasteiger charge is 2.38. The number of benzene rings is 7. The van der Waals surface area contributed by atoms with E-state index >= 15 is 0 Å². The largest absolute Gasteiger partial charge is 0.456 e. The van der Waals surface area contributed by atoms with Crippen LogP contribution in [-0.2, 0) is 0 Å². The van der Waals surface area contributed by atoms with Crippen LogP contribution in [-0.4, -0.2) is 11.0 Å². The first kappa shape index (κ1) is 28.9. The van der Waals surface area contributed by atoms with Gasteiger partial charge in [0.05, 0.1) is 17.1 Å². The number of rotatable bonds is 5. The van der Waals surface area contributed by atoms with Gasteiger partial charge in [-0.2, -0.15) is 0 Å². The number of hydrogen-bond donors (Lipinski definition) is 0. The van der Waals surface area contributed by atoms with E-state index < -0.39 is 0 Å². The summed E-state index contributed by atoms with van der Waals surface area (Å²) in [5, 5.41) is 4.25. The lowest BCUT2D eigenvalue weighted by molar-refractivity contribution is 0.623. The molecule has 2 unspecified atom stereocenters. The van der Waals surface area contributed by atoms with E-state index in [1.165, 1.54) is 16.9 Å². The van der Waals surface area contributed by atoms with Crippen molar-refractivity contribution in [3.05, 3.63) is 182 Å². The second kappa shape index (κ2) is 11.3. The van der Waals surface area contributed by atoms with Gasteiger partial charge in [0.25, 0.3) is 0 Å². The monoisotopic (exact) mass is 669 g/mol. The maximum atomic E-state index is 6.68. The molecule has 7 aromatic carbocycles. The molecule has 0 spiro atoms. The standard InChI is InChI=1S/C47H31N3O2/c1-3-12-31(13-4-1)47-48-39-26-22-30-14-11-20-41(45(30)46(39)52-47)49(33-24-27-44-38(28-33)37-18-8-10-21-43(37)51-44)34-23-25-36-35-17-7-9-19-40(35)50(42(36)29-34)32-15-5-2-6-16-32/h1-29,35,40H. The minimum absolute atomic E-state index is 0.197. The lowest BCUT2D eigenvalue weighted by Crippen LogP contribution is -2.28. The molecule has 11 rings (SSSR count). The first-order valence-electron chi connectivity index (χ1n) is 17.7. The number of oxazole rings is 1. The summed E-state index contributed by atoms with van der Waals surface area (Å²) in [6, 6.07) is 53.4. The van der Waals surface area contributed by atoms with Crippen LogP contribution in [0.2, 0.25) is 0 Å². The Kier molecular flexibility index (Phi) is 6.31. The van der Waals surface area contributed by atoms with Crippen LogP contribution in [0.5, 0.6) is 0 Å². The minimum atomic E-state index is 0.197. The van der Waals surface area contributed by atoms with Crippen molar-refractivity contribution in [2.24, 2.45) is 0 Å². The molecule has 3 heterocycles. The van der Waals surface area contributed by atoms with Crippen molar-refractivity contribution in [2.45, 2.75) is 12.0 Å². The molecule has 0 saturated heterocycles. The summed E-state index contributed by atoms with van der Waals surface area (Å²) in [5.74, 6) is 0.870. The Morgan fingerprint density at radius 1 is 0.596 bits per heavy atom. The van der Waals surface area contributed by atoms with E-state index in [-0.39, 0.29) is 12.0 Å². The van der Waals surface area contributed by atoms with Gasteiger partial charge in [-0.3, -0.25) is 0 Å². The molecule has 1 aliphatic carbocycles. The Morgan fingerprint density at radius 2 is 1.37 bits per heavy atom. The zero-order valence-electron chi connectivity index (χ0n) is 28.1. The van der Waals surface area contributed by atoms with E-state index in [1.807, 2.05) is 42.5 Å². The Hall–Kier alpha value is -6.85. The number of furan rings is 1. The van der Waals surface area contributed by atoms with Gasteiger partial charge in [-0.25, -0.2) is 4.98 Å². The number of allylic oxidation sites excluding steroid dienone is 2. The van der Waals surface area contributed by atoms with Crippen LogP contribution in [0.25, 0.3) is 55.3 Å². The smallest absolute Gasteiger partial charge is 0.227 e. The molecule has 0 radical (unpaired) electrons. The molecule has 0 saturated carbocycles. The number of anilines is 5. The van der Waals surface area contributed by atoms with Gasteiger partial charge in [0.2, 0.25) is 5.89 Å². The van der Waals surface area contributed by atoms with Crippen molar-refractivity contribution < 1.29 is 8.83 Å². The van der Waals surface area contributed by atoms with Crippen LogP contribution in [0.4, 0.5) is 28.4 Å². The van der Waals surface area contributed by atoms with E-state index in [9.17, 15) is 0 Å². The van der Waals surface area contributed by atoms with E-state index in [1.54, 1.807) is 0 Å². The summed E-state index contributed by atoms with van der Waals surface area (Å²) in [6.45, 7) is 0. The summed E-state index contributed by atoms with van der Waals surface area (Å²) in [4.78, 5) is 9.81. The fourth-order valence-electron chi connectivity index (χ4n) is 8.26. The summed E-state index contributed by atoms with van der Waals surface area (Å²) in [5.41, 5.74) is 11.0. The zero-order chi connectivity index (χ0) is 34.2. The highest BCUT2D eigenvalue weighted by Crippen LogP contribution is 2.51. The molecule has 52 heavy (non-hydrogen) atoms. The SMILES string of the molecule is C1=CC2c3ccc(N(c4ccc5oc6ccccc6c5c4)c4cccc5ccc6nc(-c7ccccc7)oc6c45)cc3N(c3ccccc3)C2C=C1. The van der Waals surface area contributed by atoms with Gasteiger partial charge in [-0.05, 0) is 83.7 Å². The van der Waals surface area contributed by atoms with Gasteiger partial charge in [0.1, 0.15) is 16.7 Å². The second-order valence-corrected chi connectivity index (χ2v) is 13.5. The number of aromatic nitrogens is 1. The maximum Gasteiger partial charge on any atom is 0.227 e. The number of nitrogens with zero attached hydrogens (tertiary/aromatic N) is 3.